The van der Waals surface area contributed by atoms with Gasteiger partial charge in [-0.05, 0) is 12.8 Å². The maximum atomic E-state index is 9.37. The molecule has 0 aromatic carbocycles. The van der Waals surface area contributed by atoms with Gasteiger partial charge >= 0.3 is 0 Å². The van der Waals surface area contributed by atoms with Crippen LogP contribution in [0.15, 0.2) is 0 Å². The summed E-state index contributed by atoms with van der Waals surface area (Å²) in [5.41, 5.74) is 0. The quantitative estimate of drug-likeness (QED) is 0.541. The van der Waals surface area contributed by atoms with Crippen molar-refractivity contribution in [2.75, 3.05) is 20.2 Å². The highest BCUT2D eigenvalue weighted by Crippen LogP contribution is 2.12. The molecule has 2 N–H and O–H groups in total. The summed E-state index contributed by atoms with van der Waals surface area (Å²) in [6.07, 6.45) is 0.247. The van der Waals surface area contributed by atoms with Crippen molar-refractivity contribution in [3.63, 3.8) is 0 Å². The van der Waals surface area contributed by atoms with Gasteiger partial charge in [-0.25, -0.2) is 0 Å². The standard InChI is InChI=1S/C7H15NO3/c1-11-7(10)6(9)8-4-2-3-5-8/h6-7,9-10H,2-5H2,1H3. The average Bonchev–Trinajstić information content (AvgIpc) is 2.53. The Morgan fingerprint density at radius 2 is 1.82 bits per heavy atom. The molecule has 1 aliphatic heterocycles. The van der Waals surface area contributed by atoms with Crippen molar-refractivity contribution >= 4 is 0 Å². The highest BCUT2D eigenvalue weighted by atomic mass is 16.6. The van der Waals surface area contributed by atoms with Gasteiger partial charge in [0.15, 0.2) is 12.5 Å². The van der Waals surface area contributed by atoms with Crippen molar-refractivity contribution in [3.05, 3.63) is 0 Å². The second kappa shape index (κ2) is 4.01. The highest BCUT2D eigenvalue weighted by Gasteiger charge is 2.25. The molecule has 0 aliphatic carbocycles. The zero-order chi connectivity index (χ0) is 8.27. The normalized spacial score (nSPS) is 25.4. The van der Waals surface area contributed by atoms with Gasteiger partial charge in [0, 0.05) is 20.2 Å². The van der Waals surface area contributed by atoms with Gasteiger partial charge in [-0.15, -0.1) is 0 Å². The van der Waals surface area contributed by atoms with Gasteiger partial charge in [0.1, 0.15) is 0 Å². The number of methoxy groups -OCH3 is 1. The second-order valence-corrected chi connectivity index (χ2v) is 2.78. The lowest BCUT2D eigenvalue weighted by atomic mass is 10.4. The Balaban J connectivity index is 2.32. The molecule has 0 saturated carbocycles. The topological polar surface area (TPSA) is 52.9 Å². The number of hydrogen-bond acceptors (Lipinski definition) is 4. The summed E-state index contributed by atoms with van der Waals surface area (Å²) in [5.74, 6) is 0. The number of nitrogens with zero attached hydrogens (tertiary/aromatic N) is 1. The molecule has 4 heteroatoms. The van der Waals surface area contributed by atoms with Crippen LogP contribution in [0, 0.1) is 0 Å². The predicted octanol–water partition coefficient (Wildman–Crippen LogP) is -0.635. The second-order valence-electron chi connectivity index (χ2n) is 2.78. The van der Waals surface area contributed by atoms with Crippen LogP contribution in [0.4, 0.5) is 0 Å². The van der Waals surface area contributed by atoms with E-state index in [0.29, 0.717) is 0 Å². The van der Waals surface area contributed by atoms with Gasteiger partial charge < -0.3 is 14.9 Å². The molecule has 1 aliphatic rings. The highest BCUT2D eigenvalue weighted by molar-refractivity contribution is 4.70. The molecule has 0 aromatic rings. The minimum atomic E-state index is -1.08. The van der Waals surface area contributed by atoms with Crippen molar-refractivity contribution in [2.24, 2.45) is 0 Å². The van der Waals surface area contributed by atoms with E-state index in [-0.39, 0.29) is 0 Å². The van der Waals surface area contributed by atoms with Crippen molar-refractivity contribution in [1.29, 1.82) is 0 Å². The largest absolute Gasteiger partial charge is 0.373 e. The van der Waals surface area contributed by atoms with E-state index in [1.54, 1.807) is 0 Å². The molecule has 66 valence electrons. The fraction of sp³-hybridized carbons (Fsp3) is 1.00. The van der Waals surface area contributed by atoms with Crippen LogP contribution in [-0.4, -0.2) is 47.8 Å². The first-order chi connectivity index (χ1) is 5.25. The molecule has 0 amide bonds. The monoisotopic (exact) mass is 161 g/mol. The maximum absolute atomic E-state index is 9.37. The fourth-order valence-corrected chi connectivity index (χ4v) is 1.31. The van der Waals surface area contributed by atoms with Crippen molar-refractivity contribution in [1.82, 2.24) is 4.90 Å². The van der Waals surface area contributed by atoms with Crippen LogP contribution in [0.25, 0.3) is 0 Å². The van der Waals surface area contributed by atoms with Crippen LogP contribution in [0.5, 0.6) is 0 Å². The smallest absolute Gasteiger partial charge is 0.194 e. The van der Waals surface area contributed by atoms with E-state index in [9.17, 15) is 5.11 Å². The molecule has 11 heavy (non-hydrogen) atoms. The number of hydrogen-bond donors (Lipinski definition) is 2. The third-order valence-corrected chi connectivity index (χ3v) is 2.01. The first-order valence-electron chi connectivity index (χ1n) is 3.88. The molecule has 0 spiro atoms. The molecule has 0 aromatic heterocycles. The third kappa shape index (κ3) is 2.13. The van der Waals surface area contributed by atoms with Gasteiger partial charge in [0.05, 0.1) is 0 Å². The summed E-state index contributed by atoms with van der Waals surface area (Å²) >= 11 is 0. The van der Waals surface area contributed by atoms with E-state index < -0.39 is 12.5 Å². The summed E-state index contributed by atoms with van der Waals surface area (Å²) in [6, 6.07) is 0. The summed E-state index contributed by atoms with van der Waals surface area (Å²) in [4.78, 5) is 1.81. The van der Waals surface area contributed by atoms with E-state index in [0.717, 1.165) is 25.9 Å². The summed E-state index contributed by atoms with van der Waals surface area (Å²) in [5, 5.41) is 18.4. The Morgan fingerprint density at radius 1 is 1.27 bits per heavy atom. The van der Waals surface area contributed by atoms with Gasteiger partial charge in [0.25, 0.3) is 0 Å². The van der Waals surface area contributed by atoms with Crippen molar-refractivity contribution in [2.45, 2.75) is 25.4 Å². The van der Waals surface area contributed by atoms with Crippen LogP contribution < -0.4 is 0 Å². The number of ether oxygens (including phenoxy) is 1. The maximum Gasteiger partial charge on any atom is 0.194 e. The Morgan fingerprint density at radius 3 is 2.27 bits per heavy atom. The van der Waals surface area contributed by atoms with Gasteiger partial charge in [-0.1, -0.05) is 0 Å². The van der Waals surface area contributed by atoms with E-state index >= 15 is 0 Å². The Hall–Kier alpha value is -0.160. The molecule has 0 bridgehead atoms. The summed E-state index contributed by atoms with van der Waals surface area (Å²) in [6.45, 7) is 1.70. The van der Waals surface area contributed by atoms with Gasteiger partial charge in [-0.3, -0.25) is 4.90 Å². The Labute approximate surface area is 66.4 Å². The van der Waals surface area contributed by atoms with E-state index in [1.165, 1.54) is 7.11 Å². The Kier molecular flexibility index (Phi) is 3.26. The first-order valence-corrected chi connectivity index (χ1v) is 3.88. The van der Waals surface area contributed by atoms with Crippen molar-refractivity contribution in [3.8, 4) is 0 Å². The lowest BCUT2D eigenvalue weighted by Crippen LogP contribution is -2.42. The zero-order valence-corrected chi connectivity index (χ0v) is 6.73. The molecule has 4 nitrogen and oxygen atoms in total. The SMILES string of the molecule is COC(O)C(O)N1CCCC1. The summed E-state index contributed by atoms with van der Waals surface area (Å²) in [7, 11) is 1.38. The molecule has 2 atom stereocenters. The van der Waals surface area contributed by atoms with Crippen LogP contribution in [0.2, 0.25) is 0 Å². The molecular formula is C7H15NO3. The zero-order valence-electron chi connectivity index (χ0n) is 6.73. The van der Waals surface area contributed by atoms with Crippen LogP contribution in [0.1, 0.15) is 12.8 Å². The lowest BCUT2D eigenvalue weighted by molar-refractivity contribution is -0.189. The third-order valence-electron chi connectivity index (χ3n) is 2.01. The number of likely N-dealkylation sites (tertiary alicyclic amines) is 1. The van der Waals surface area contributed by atoms with E-state index in [1.807, 2.05) is 4.90 Å². The number of aliphatic hydroxyl groups is 2. The van der Waals surface area contributed by atoms with E-state index in [2.05, 4.69) is 4.74 Å². The fourth-order valence-electron chi connectivity index (χ4n) is 1.31. The molecule has 1 fully saturated rings. The molecule has 0 radical (unpaired) electrons. The first kappa shape index (κ1) is 8.93. The average molecular weight is 161 g/mol. The summed E-state index contributed by atoms with van der Waals surface area (Å²) < 4.78 is 4.59. The molecule has 2 unspecified atom stereocenters. The van der Waals surface area contributed by atoms with Crippen LogP contribution >= 0.6 is 0 Å². The van der Waals surface area contributed by atoms with Gasteiger partial charge in [0.2, 0.25) is 0 Å². The molecule has 1 rings (SSSR count). The van der Waals surface area contributed by atoms with E-state index in [4.69, 9.17) is 5.11 Å². The minimum absolute atomic E-state index is 0.849. The lowest BCUT2D eigenvalue weighted by Gasteiger charge is -2.25. The molecular weight excluding hydrogens is 146 g/mol. The molecule has 1 heterocycles. The van der Waals surface area contributed by atoms with Crippen molar-refractivity contribution < 1.29 is 14.9 Å². The Bertz CT molecular complexity index is 114. The van der Waals surface area contributed by atoms with Crippen LogP contribution in [0.3, 0.4) is 0 Å². The number of rotatable bonds is 3. The minimum Gasteiger partial charge on any atom is -0.373 e. The number of aliphatic hydroxyl groups excluding tert-OH is 2. The van der Waals surface area contributed by atoms with Crippen LogP contribution in [-0.2, 0) is 4.74 Å². The van der Waals surface area contributed by atoms with Gasteiger partial charge in [-0.2, -0.15) is 0 Å². The predicted molar refractivity (Wildman–Crippen MR) is 39.8 cm³/mol. The molecule has 1 saturated heterocycles.